The minimum atomic E-state index is -0.149. The molecule has 1 saturated heterocycles. The summed E-state index contributed by atoms with van der Waals surface area (Å²) < 4.78 is 5.32. The third-order valence-corrected chi connectivity index (χ3v) is 3.44. The lowest BCUT2D eigenvalue weighted by Crippen LogP contribution is -2.39. The number of rotatable bonds is 7. The first-order valence-corrected chi connectivity index (χ1v) is 7.87. The zero-order chi connectivity index (χ0) is 15.8. The highest BCUT2D eigenvalue weighted by molar-refractivity contribution is 5.92. The van der Waals surface area contributed by atoms with Crippen molar-refractivity contribution in [2.75, 3.05) is 51.3 Å². The Labute approximate surface area is 131 Å². The highest BCUT2D eigenvalue weighted by Crippen LogP contribution is 2.05. The molecule has 0 atom stereocenters. The van der Waals surface area contributed by atoms with Gasteiger partial charge in [0.15, 0.2) is 0 Å². The van der Waals surface area contributed by atoms with Crippen LogP contribution in [0, 0.1) is 6.92 Å². The lowest BCUT2D eigenvalue weighted by atomic mass is 10.3. The van der Waals surface area contributed by atoms with Crippen molar-refractivity contribution in [3.8, 4) is 0 Å². The first kappa shape index (κ1) is 16.6. The summed E-state index contributed by atoms with van der Waals surface area (Å²) in [5.41, 5.74) is 1.19. The van der Waals surface area contributed by atoms with E-state index in [2.05, 4.69) is 25.5 Å². The van der Waals surface area contributed by atoms with Gasteiger partial charge in [0.2, 0.25) is 5.95 Å². The Bertz CT molecular complexity index is 489. The van der Waals surface area contributed by atoms with Gasteiger partial charge in [0.05, 0.1) is 13.2 Å². The molecule has 0 radical (unpaired) electrons. The van der Waals surface area contributed by atoms with Gasteiger partial charge in [-0.3, -0.25) is 9.69 Å². The number of nitrogens with one attached hydrogen (secondary N) is 2. The molecule has 7 heteroatoms. The average molecular weight is 307 g/mol. The fraction of sp³-hybridized carbons (Fsp3) is 0.667. The van der Waals surface area contributed by atoms with Crippen molar-refractivity contribution in [3.63, 3.8) is 0 Å². The molecular weight excluding hydrogens is 282 g/mol. The Hall–Kier alpha value is -1.73. The number of aromatic nitrogens is 2. The normalized spacial score (nSPS) is 15.5. The topological polar surface area (TPSA) is 79.4 Å². The molecule has 0 saturated carbocycles. The summed E-state index contributed by atoms with van der Waals surface area (Å²) in [6.45, 7) is 9.71. The van der Waals surface area contributed by atoms with E-state index in [4.69, 9.17) is 4.74 Å². The van der Waals surface area contributed by atoms with E-state index in [0.717, 1.165) is 51.5 Å². The van der Waals surface area contributed by atoms with E-state index >= 15 is 0 Å². The van der Waals surface area contributed by atoms with Crippen LogP contribution in [0.2, 0.25) is 0 Å². The van der Waals surface area contributed by atoms with Crippen LogP contribution >= 0.6 is 0 Å². The number of hydrogen-bond donors (Lipinski definition) is 2. The molecule has 1 amide bonds. The van der Waals surface area contributed by atoms with Crippen molar-refractivity contribution in [2.45, 2.75) is 20.3 Å². The fourth-order valence-electron chi connectivity index (χ4n) is 2.24. The number of nitrogens with zero attached hydrogens (tertiary/aromatic N) is 3. The van der Waals surface area contributed by atoms with Crippen LogP contribution in [-0.2, 0) is 4.74 Å². The number of amides is 1. The van der Waals surface area contributed by atoms with Crippen LogP contribution in [0.4, 0.5) is 5.95 Å². The Morgan fingerprint density at radius 1 is 1.32 bits per heavy atom. The lowest BCUT2D eigenvalue weighted by Gasteiger charge is -2.26. The zero-order valence-electron chi connectivity index (χ0n) is 13.4. The molecule has 1 aromatic rings. The molecule has 2 N–H and O–H groups in total. The molecule has 1 aromatic heterocycles. The quantitative estimate of drug-likeness (QED) is 0.771. The number of morpholine rings is 1. The SMILES string of the molecule is CCCNC(=O)c1cc(C)nc(NCCN2CCOCC2)n1. The lowest BCUT2D eigenvalue weighted by molar-refractivity contribution is 0.0398. The van der Waals surface area contributed by atoms with Gasteiger partial charge in [-0.25, -0.2) is 9.97 Å². The number of carbonyl (C=O) groups excluding carboxylic acids is 1. The predicted molar refractivity (Wildman–Crippen MR) is 85.1 cm³/mol. The third kappa shape index (κ3) is 5.23. The number of anilines is 1. The van der Waals surface area contributed by atoms with Gasteiger partial charge in [0, 0.05) is 38.4 Å². The van der Waals surface area contributed by atoms with Gasteiger partial charge in [-0.1, -0.05) is 6.92 Å². The van der Waals surface area contributed by atoms with E-state index in [1.54, 1.807) is 6.07 Å². The molecule has 0 aliphatic carbocycles. The van der Waals surface area contributed by atoms with Gasteiger partial charge in [-0.2, -0.15) is 0 Å². The first-order chi connectivity index (χ1) is 10.7. The summed E-state index contributed by atoms with van der Waals surface area (Å²) >= 11 is 0. The minimum absolute atomic E-state index is 0.149. The fourth-order valence-corrected chi connectivity index (χ4v) is 2.24. The summed E-state index contributed by atoms with van der Waals surface area (Å²) in [6, 6.07) is 1.71. The van der Waals surface area contributed by atoms with E-state index < -0.39 is 0 Å². The van der Waals surface area contributed by atoms with Crippen molar-refractivity contribution in [2.24, 2.45) is 0 Å². The summed E-state index contributed by atoms with van der Waals surface area (Å²) in [6.07, 6.45) is 0.903. The smallest absolute Gasteiger partial charge is 0.270 e. The monoisotopic (exact) mass is 307 g/mol. The first-order valence-electron chi connectivity index (χ1n) is 7.87. The molecule has 1 fully saturated rings. The van der Waals surface area contributed by atoms with Gasteiger partial charge in [-0.05, 0) is 19.4 Å². The second kappa shape index (κ2) is 8.65. The molecule has 22 heavy (non-hydrogen) atoms. The van der Waals surface area contributed by atoms with Crippen molar-refractivity contribution in [1.29, 1.82) is 0 Å². The van der Waals surface area contributed by atoms with Crippen LogP contribution in [0.15, 0.2) is 6.07 Å². The minimum Gasteiger partial charge on any atom is -0.379 e. The molecule has 122 valence electrons. The van der Waals surface area contributed by atoms with Crippen LogP contribution in [0.5, 0.6) is 0 Å². The van der Waals surface area contributed by atoms with Crippen LogP contribution in [0.3, 0.4) is 0 Å². The van der Waals surface area contributed by atoms with Gasteiger partial charge < -0.3 is 15.4 Å². The van der Waals surface area contributed by atoms with Gasteiger partial charge in [0.25, 0.3) is 5.91 Å². The third-order valence-electron chi connectivity index (χ3n) is 3.44. The molecular formula is C15H25N5O2. The number of hydrogen-bond acceptors (Lipinski definition) is 6. The molecule has 1 aliphatic heterocycles. The highest BCUT2D eigenvalue weighted by atomic mass is 16.5. The predicted octanol–water partition coefficient (Wildman–Crippen LogP) is 0.669. The summed E-state index contributed by atoms with van der Waals surface area (Å²) in [5, 5.41) is 6.03. The van der Waals surface area contributed by atoms with Crippen molar-refractivity contribution in [1.82, 2.24) is 20.2 Å². The van der Waals surface area contributed by atoms with Crippen molar-refractivity contribution >= 4 is 11.9 Å². The van der Waals surface area contributed by atoms with Gasteiger partial charge in [0.1, 0.15) is 5.69 Å². The molecule has 2 heterocycles. The van der Waals surface area contributed by atoms with Crippen LogP contribution < -0.4 is 10.6 Å². The standard InChI is InChI=1S/C15H25N5O2/c1-3-4-16-14(21)13-11-12(2)18-15(19-13)17-5-6-20-7-9-22-10-8-20/h11H,3-10H2,1-2H3,(H,16,21)(H,17,18,19). The van der Waals surface area contributed by atoms with Crippen molar-refractivity contribution < 1.29 is 9.53 Å². The molecule has 1 aliphatic rings. The Balaban J connectivity index is 1.87. The van der Waals surface area contributed by atoms with E-state index in [1.807, 2.05) is 13.8 Å². The van der Waals surface area contributed by atoms with Crippen LogP contribution in [0.1, 0.15) is 29.5 Å². The van der Waals surface area contributed by atoms with Crippen molar-refractivity contribution in [3.05, 3.63) is 17.5 Å². The average Bonchev–Trinajstić information content (AvgIpc) is 2.53. The van der Waals surface area contributed by atoms with E-state index in [1.165, 1.54) is 0 Å². The number of aryl methyl sites for hydroxylation is 1. The Morgan fingerprint density at radius 2 is 2.09 bits per heavy atom. The van der Waals surface area contributed by atoms with Crippen LogP contribution in [0.25, 0.3) is 0 Å². The highest BCUT2D eigenvalue weighted by Gasteiger charge is 2.11. The second-order valence-corrected chi connectivity index (χ2v) is 5.35. The second-order valence-electron chi connectivity index (χ2n) is 5.35. The number of carbonyl (C=O) groups is 1. The maximum absolute atomic E-state index is 12.0. The molecule has 0 unspecified atom stereocenters. The summed E-state index contributed by atoms with van der Waals surface area (Å²) in [4.78, 5) is 22.9. The molecule has 0 aromatic carbocycles. The number of ether oxygens (including phenoxy) is 1. The van der Waals surface area contributed by atoms with Gasteiger partial charge >= 0.3 is 0 Å². The maximum Gasteiger partial charge on any atom is 0.270 e. The molecule has 0 bridgehead atoms. The van der Waals surface area contributed by atoms with Gasteiger partial charge in [-0.15, -0.1) is 0 Å². The largest absolute Gasteiger partial charge is 0.379 e. The zero-order valence-corrected chi connectivity index (χ0v) is 13.4. The maximum atomic E-state index is 12.0. The molecule has 0 spiro atoms. The van der Waals surface area contributed by atoms with E-state index in [9.17, 15) is 4.79 Å². The molecule has 2 rings (SSSR count). The van der Waals surface area contributed by atoms with E-state index in [0.29, 0.717) is 18.2 Å². The summed E-state index contributed by atoms with van der Waals surface area (Å²) in [5.74, 6) is 0.360. The van der Waals surface area contributed by atoms with E-state index in [-0.39, 0.29) is 5.91 Å². The summed E-state index contributed by atoms with van der Waals surface area (Å²) in [7, 11) is 0. The van der Waals surface area contributed by atoms with Crippen LogP contribution in [-0.4, -0.2) is 66.7 Å². The Morgan fingerprint density at radius 3 is 2.82 bits per heavy atom. The molecule has 7 nitrogen and oxygen atoms in total. The Kier molecular flexibility index (Phi) is 6.54.